The number of anilines is 1. The van der Waals surface area contributed by atoms with Gasteiger partial charge in [0.05, 0.1) is 15.2 Å². The molecule has 24 heavy (non-hydrogen) atoms. The van der Waals surface area contributed by atoms with Crippen LogP contribution in [0.25, 0.3) is 10.2 Å². The van der Waals surface area contributed by atoms with E-state index in [1.165, 1.54) is 17.4 Å². The number of hydrogen-bond acceptors (Lipinski definition) is 4. The lowest BCUT2D eigenvalue weighted by Gasteiger charge is -2.30. The van der Waals surface area contributed by atoms with E-state index in [0.29, 0.717) is 36.1 Å². The third-order valence-electron chi connectivity index (χ3n) is 4.28. The molecule has 0 saturated carbocycles. The molecule has 0 spiro atoms. The number of nitrogens with one attached hydrogen (secondary N) is 1. The first kappa shape index (κ1) is 16.9. The number of nitrogens with zero attached hydrogens (tertiary/aromatic N) is 2. The number of carbonyl (C=O) groups excluding carboxylic acids is 2. The molecule has 0 unspecified atom stereocenters. The van der Waals surface area contributed by atoms with E-state index >= 15 is 0 Å². The first-order valence-electron chi connectivity index (χ1n) is 7.77. The second-order valence-corrected chi connectivity index (χ2v) is 7.26. The molecule has 1 fully saturated rings. The van der Waals surface area contributed by atoms with E-state index in [0.717, 1.165) is 15.8 Å². The topological polar surface area (TPSA) is 62.3 Å². The van der Waals surface area contributed by atoms with Gasteiger partial charge in [-0.2, -0.15) is 0 Å². The molecule has 2 heterocycles. The van der Waals surface area contributed by atoms with Crippen LogP contribution in [-0.4, -0.2) is 34.8 Å². The molecule has 3 rings (SSSR count). The van der Waals surface area contributed by atoms with Crippen LogP contribution in [0.5, 0.6) is 0 Å². The van der Waals surface area contributed by atoms with Crippen LogP contribution < -0.4 is 5.32 Å². The van der Waals surface area contributed by atoms with E-state index < -0.39 is 0 Å². The van der Waals surface area contributed by atoms with E-state index in [-0.39, 0.29) is 17.7 Å². The van der Waals surface area contributed by atoms with E-state index in [2.05, 4.69) is 16.9 Å². The number of likely N-dealkylation sites (tertiary alicyclic amines) is 1. The highest BCUT2D eigenvalue weighted by Gasteiger charge is 2.27. The van der Waals surface area contributed by atoms with Crippen molar-refractivity contribution in [2.24, 2.45) is 5.92 Å². The van der Waals surface area contributed by atoms with Gasteiger partial charge < -0.3 is 10.2 Å². The Kier molecular flexibility index (Phi) is 4.87. The predicted octanol–water partition coefficient (Wildman–Crippen LogP) is 3.62. The lowest BCUT2D eigenvalue weighted by Crippen LogP contribution is -2.40. The first-order chi connectivity index (χ1) is 11.5. The van der Waals surface area contributed by atoms with Gasteiger partial charge in [-0.05, 0) is 37.5 Å². The van der Waals surface area contributed by atoms with Crippen LogP contribution in [0.1, 0.15) is 18.4 Å². The molecule has 1 N–H and O–H groups in total. The van der Waals surface area contributed by atoms with Crippen molar-refractivity contribution in [3.8, 4) is 0 Å². The van der Waals surface area contributed by atoms with Crippen LogP contribution in [0.2, 0.25) is 5.02 Å². The number of hydrogen-bond donors (Lipinski definition) is 1. The van der Waals surface area contributed by atoms with Gasteiger partial charge in [0.15, 0.2) is 5.13 Å². The number of thiazole rings is 1. The third kappa shape index (κ3) is 3.30. The number of aryl methyl sites for hydroxylation is 1. The number of halogens is 1. The lowest BCUT2D eigenvalue weighted by molar-refractivity contribution is -0.130. The van der Waals surface area contributed by atoms with Crippen molar-refractivity contribution in [2.75, 3.05) is 18.4 Å². The molecule has 2 aromatic rings. The Morgan fingerprint density at radius 3 is 2.75 bits per heavy atom. The zero-order chi connectivity index (χ0) is 17.3. The monoisotopic (exact) mass is 363 g/mol. The van der Waals surface area contributed by atoms with Gasteiger partial charge in [-0.25, -0.2) is 4.98 Å². The maximum absolute atomic E-state index is 12.5. The molecule has 0 atom stereocenters. The van der Waals surface area contributed by atoms with Crippen molar-refractivity contribution in [3.63, 3.8) is 0 Å². The molecular formula is C17H18ClN3O2S. The largest absolute Gasteiger partial charge is 0.339 e. The van der Waals surface area contributed by atoms with Gasteiger partial charge in [-0.15, -0.1) is 0 Å². The molecule has 0 aliphatic carbocycles. The Bertz CT molecular complexity index is 771. The fourth-order valence-corrected chi connectivity index (χ4v) is 4.07. The van der Waals surface area contributed by atoms with Gasteiger partial charge >= 0.3 is 0 Å². The average molecular weight is 364 g/mol. The van der Waals surface area contributed by atoms with Crippen molar-refractivity contribution >= 4 is 50.1 Å². The molecule has 1 aromatic carbocycles. The second kappa shape index (κ2) is 6.91. The van der Waals surface area contributed by atoms with Crippen LogP contribution >= 0.6 is 22.9 Å². The van der Waals surface area contributed by atoms with Crippen LogP contribution in [0, 0.1) is 12.8 Å². The van der Waals surface area contributed by atoms with Crippen molar-refractivity contribution in [1.82, 2.24) is 9.88 Å². The fraction of sp³-hybridized carbons (Fsp3) is 0.353. The van der Waals surface area contributed by atoms with Crippen molar-refractivity contribution < 1.29 is 9.59 Å². The normalized spacial score (nSPS) is 15.5. The Morgan fingerprint density at radius 1 is 1.42 bits per heavy atom. The van der Waals surface area contributed by atoms with Crippen LogP contribution in [-0.2, 0) is 9.59 Å². The van der Waals surface area contributed by atoms with Gasteiger partial charge in [-0.1, -0.05) is 35.6 Å². The van der Waals surface area contributed by atoms with Crippen molar-refractivity contribution in [3.05, 3.63) is 35.4 Å². The molecular weight excluding hydrogens is 346 g/mol. The summed E-state index contributed by atoms with van der Waals surface area (Å²) in [5, 5.41) is 4.11. The molecule has 0 radical (unpaired) electrons. The summed E-state index contributed by atoms with van der Waals surface area (Å²) in [4.78, 5) is 30.3. The standard InChI is InChI=1S/C17H18ClN3O2S/c1-3-13(22)21-8-6-11(7-9-21)16(23)20-17-19-14-10(2)4-5-12(18)15(14)24-17/h3-5,11H,1,6-9H2,2H3,(H,19,20,23). The third-order valence-corrected chi connectivity index (χ3v) is 5.71. The highest BCUT2D eigenvalue weighted by atomic mass is 35.5. The highest BCUT2D eigenvalue weighted by molar-refractivity contribution is 7.23. The summed E-state index contributed by atoms with van der Waals surface area (Å²) >= 11 is 7.59. The molecule has 2 amide bonds. The average Bonchev–Trinajstić information content (AvgIpc) is 3.02. The van der Waals surface area contributed by atoms with Crippen LogP contribution in [0.15, 0.2) is 24.8 Å². The van der Waals surface area contributed by atoms with Gasteiger partial charge in [-0.3, -0.25) is 9.59 Å². The molecule has 1 aliphatic heterocycles. The maximum atomic E-state index is 12.5. The van der Waals surface area contributed by atoms with Crippen LogP contribution in [0.3, 0.4) is 0 Å². The summed E-state index contributed by atoms with van der Waals surface area (Å²) in [5.74, 6) is -0.235. The van der Waals surface area contributed by atoms with E-state index in [1.807, 2.05) is 19.1 Å². The Labute approximate surface area is 149 Å². The van der Waals surface area contributed by atoms with Crippen molar-refractivity contribution in [2.45, 2.75) is 19.8 Å². The number of fused-ring (bicyclic) bond motifs is 1. The minimum Gasteiger partial charge on any atom is -0.339 e. The minimum atomic E-state index is -0.109. The smallest absolute Gasteiger partial charge is 0.245 e. The predicted molar refractivity (Wildman–Crippen MR) is 97.5 cm³/mol. The summed E-state index contributed by atoms with van der Waals surface area (Å²) in [6, 6.07) is 3.76. The Hall–Kier alpha value is -1.92. The molecule has 126 valence electrons. The highest BCUT2D eigenvalue weighted by Crippen LogP contribution is 2.34. The SMILES string of the molecule is C=CC(=O)N1CCC(C(=O)Nc2nc3c(C)ccc(Cl)c3s2)CC1. The molecule has 0 bridgehead atoms. The van der Waals surface area contributed by atoms with Crippen LogP contribution in [0.4, 0.5) is 5.13 Å². The molecule has 1 saturated heterocycles. The quantitative estimate of drug-likeness (QED) is 0.847. The summed E-state index contributed by atoms with van der Waals surface area (Å²) in [6.07, 6.45) is 2.61. The van der Waals surface area contributed by atoms with Gasteiger partial charge in [0.2, 0.25) is 11.8 Å². The Balaban J connectivity index is 1.68. The second-order valence-electron chi connectivity index (χ2n) is 5.85. The number of rotatable bonds is 3. The number of benzene rings is 1. The maximum Gasteiger partial charge on any atom is 0.245 e. The number of aromatic nitrogens is 1. The van der Waals surface area contributed by atoms with Gasteiger partial charge in [0.1, 0.15) is 0 Å². The number of piperidine rings is 1. The molecule has 7 heteroatoms. The van der Waals surface area contributed by atoms with Crippen molar-refractivity contribution in [1.29, 1.82) is 0 Å². The lowest BCUT2D eigenvalue weighted by atomic mass is 9.96. The summed E-state index contributed by atoms with van der Waals surface area (Å²) < 4.78 is 0.887. The van der Waals surface area contributed by atoms with Gasteiger partial charge in [0, 0.05) is 19.0 Å². The summed E-state index contributed by atoms with van der Waals surface area (Å²) in [6.45, 7) is 6.62. The van der Waals surface area contributed by atoms with E-state index in [4.69, 9.17) is 11.6 Å². The molecule has 1 aliphatic rings. The summed E-state index contributed by atoms with van der Waals surface area (Å²) in [7, 11) is 0. The first-order valence-corrected chi connectivity index (χ1v) is 8.97. The molecule has 1 aromatic heterocycles. The molecule has 5 nitrogen and oxygen atoms in total. The van der Waals surface area contributed by atoms with E-state index in [9.17, 15) is 9.59 Å². The Morgan fingerprint density at radius 2 is 2.12 bits per heavy atom. The van der Waals surface area contributed by atoms with E-state index in [1.54, 1.807) is 4.90 Å². The zero-order valence-electron chi connectivity index (χ0n) is 13.3. The minimum absolute atomic E-state index is 0.0477. The van der Waals surface area contributed by atoms with Gasteiger partial charge in [0.25, 0.3) is 0 Å². The summed E-state index contributed by atoms with van der Waals surface area (Å²) in [5.41, 5.74) is 1.86. The number of amides is 2. The fourth-order valence-electron chi connectivity index (χ4n) is 2.85. The zero-order valence-corrected chi connectivity index (χ0v) is 14.9. The number of carbonyl (C=O) groups is 2.